The molecule has 0 aromatic heterocycles. The van der Waals surface area contributed by atoms with E-state index in [1.807, 2.05) is 0 Å². The predicted octanol–water partition coefficient (Wildman–Crippen LogP) is -1.71. The Morgan fingerprint density at radius 3 is 1.06 bits per heavy atom. The van der Waals surface area contributed by atoms with E-state index < -0.39 is 26.0 Å². The van der Waals surface area contributed by atoms with Crippen LogP contribution in [0.1, 0.15) is 0 Å². The van der Waals surface area contributed by atoms with Crippen molar-refractivity contribution >= 4 is 26.0 Å². The third kappa shape index (κ3) is 65.4. The Morgan fingerprint density at radius 2 is 1.06 bits per heavy atom. The first-order valence-corrected chi connectivity index (χ1v) is 6.69. The van der Waals surface area contributed by atoms with E-state index in [1.165, 1.54) is 0 Å². The maximum absolute atomic E-state index is 9.58. The Kier molecular flexibility index (Phi) is 12.8. The van der Waals surface area contributed by atoms with E-state index in [0.717, 1.165) is 0 Å². The summed E-state index contributed by atoms with van der Waals surface area (Å²) in [5, 5.41) is 0. The fraction of sp³-hybridized carbons (Fsp3) is 0. The molecular formula is H12N2O11P2S. The molecule has 0 aromatic rings. The van der Waals surface area contributed by atoms with Gasteiger partial charge >= 0.3 is 26.0 Å². The molecule has 0 aliphatic rings. The summed E-state index contributed by atoms with van der Waals surface area (Å²) in [6.07, 6.45) is 0. The Morgan fingerprint density at radius 1 is 0.875 bits per heavy atom. The van der Waals surface area contributed by atoms with Gasteiger partial charge in [-0.3, -0.25) is 4.55 Å². The summed E-state index contributed by atoms with van der Waals surface area (Å²) in [4.78, 5) is 37.0. The van der Waals surface area contributed by atoms with Gasteiger partial charge in [0.2, 0.25) is 0 Å². The highest BCUT2D eigenvalue weighted by Crippen LogP contribution is 2.37. The molecule has 0 unspecified atom stereocenters. The molecule has 0 spiro atoms. The summed E-state index contributed by atoms with van der Waals surface area (Å²) in [5.41, 5.74) is 0. The molecule has 16 heteroatoms. The quantitative estimate of drug-likeness (QED) is 0.208. The van der Waals surface area contributed by atoms with Crippen LogP contribution in [0.3, 0.4) is 0 Å². The van der Waals surface area contributed by atoms with Crippen LogP contribution in [0.25, 0.3) is 0 Å². The lowest BCUT2D eigenvalue weighted by atomic mass is 14.0. The fourth-order valence-corrected chi connectivity index (χ4v) is 1.10. The SMILES string of the molecule is N.N.O=P(O)(O)O.O=P(O)(O)OS(=O)(=O)O. The number of hydrogen-bond donors (Lipinski definition) is 8. The molecule has 0 aliphatic heterocycles. The predicted molar refractivity (Wildman–Crippen MR) is 49.0 cm³/mol. The van der Waals surface area contributed by atoms with E-state index in [0.29, 0.717) is 0 Å². The molecule has 104 valence electrons. The molecule has 0 fully saturated rings. The minimum Gasteiger partial charge on any atom is -0.344 e. The van der Waals surface area contributed by atoms with Gasteiger partial charge in [0.1, 0.15) is 0 Å². The lowest BCUT2D eigenvalue weighted by Gasteiger charge is -1.97. The van der Waals surface area contributed by atoms with Gasteiger partial charge in [-0.25, -0.2) is 9.13 Å². The van der Waals surface area contributed by atoms with Crippen LogP contribution in [0.15, 0.2) is 0 Å². The number of phosphoric acid groups is 2. The van der Waals surface area contributed by atoms with Gasteiger partial charge in [0.15, 0.2) is 0 Å². The molecule has 0 aliphatic carbocycles. The molecule has 16 heavy (non-hydrogen) atoms. The first kappa shape index (κ1) is 25.0. The third-order valence-corrected chi connectivity index (χ3v) is 1.72. The summed E-state index contributed by atoms with van der Waals surface area (Å²) < 4.78 is 47.9. The van der Waals surface area contributed by atoms with E-state index in [9.17, 15) is 13.0 Å². The van der Waals surface area contributed by atoms with Gasteiger partial charge < -0.3 is 36.8 Å². The third-order valence-electron chi connectivity index (χ3n) is 0.191. The second-order valence-electron chi connectivity index (χ2n) is 1.51. The molecule has 0 atom stereocenters. The Bertz CT molecular complexity index is 336. The zero-order valence-corrected chi connectivity index (χ0v) is 10.0. The van der Waals surface area contributed by atoms with E-state index in [4.69, 9.17) is 33.6 Å². The fourth-order valence-electron chi connectivity index (χ4n) is 0.123. The van der Waals surface area contributed by atoms with E-state index in [1.54, 1.807) is 0 Å². The van der Waals surface area contributed by atoms with E-state index in [-0.39, 0.29) is 12.3 Å². The van der Waals surface area contributed by atoms with Gasteiger partial charge in [-0.15, -0.1) is 3.97 Å². The summed E-state index contributed by atoms with van der Waals surface area (Å²) >= 11 is 0. The summed E-state index contributed by atoms with van der Waals surface area (Å²) in [6.45, 7) is 0. The van der Waals surface area contributed by atoms with Crippen molar-refractivity contribution in [3.05, 3.63) is 0 Å². The smallest absolute Gasteiger partial charge is 0.344 e. The first-order valence-electron chi connectivity index (χ1n) is 2.23. The molecule has 0 bridgehead atoms. The van der Waals surface area contributed by atoms with Crippen LogP contribution in [0, 0.1) is 0 Å². The second kappa shape index (κ2) is 8.19. The Labute approximate surface area is 89.7 Å². The standard InChI is InChI=1S/2H3N.H3O7PS.H3O4P/c;;1-8(2,3)7-9(4,5)6;1-5(2,3)4/h2*1H3;(H2,1,2,3)(H,4,5,6);(H3,1,2,3,4). The molecular weight excluding hydrogens is 298 g/mol. The average Bonchev–Trinajstić information content (AvgIpc) is 1.42. The second-order valence-corrected chi connectivity index (χ2v) is 4.97. The van der Waals surface area contributed by atoms with Crippen molar-refractivity contribution < 1.29 is 50.5 Å². The van der Waals surface area contributed by atoms with Crippen molar-refractivity contribution in [2.24, 2.45) is 0 Å². The summed E-state index contributed by atoms with van der Waals surface area (Å²) in [6, 6.07) is 0. The zero-order chi connectivity index (χ0) is 12.2. The molecule has 12 N–H and O–H groups in total. The highest BCUT2D eigenvalue weighted by molar-refractivity contribution is 7.85. The first-order chi connectivity index (χ1) is 5.71. The molecule has 0 radical (unpaired) electrons. The van der Waals surface area contributed by atoms with Crippen LogP contribution < -0.4 is 12.3 Å². The van der Waals surface area contributed by atoms with Gasteiger partial charge in [-0.1, -0.05) is 0 Å². The van der Waals surface area contributed by atoms with Gasteiger partial charge in [-0.05, 0) is 0 Å². The van der Waals surface area contributed by atoms with Crippen molar-refractivity contribution in [3.8, 4) is 0 Å². The van der Waals surface area contributed by atoms with Gasteiger partial charge in [-0.2, -0.15) is 8.42 Å². The van der Waals surface area contributed by atoms with Crippen LogP contribution in [0.4, 0.5) is 0 Å². The van der Waals surface area contributed by atoms with Crippen LogP contribution in [0.2, 0.25) is 0 Å². The van der Waals surface area contributed by atoms with Crippen LogP contribution >= 0.6 is 15.6 Å². The maximum Gasteiger partial charge on any atom is 0.486 e. The number of hydrogen-bond acceptors (Lipinski definition) is 7. The minimum absolute atomic E-state index is 0. The maximum atomic E-state index is 9.58. The highest BCUT2D eigenvalue weighted by Gasteiger charge is 2.22. The van der Waals surface area contributed by atoms with Gasteiger partial charge in [0, 0.05) is 0 Å². The van der Waals surface area contributed by atoms with Crippen molar-refractivity contribution in [2.75, 3.05) is 0 Å². The molecule has 0 heterocycles. The summed E-state index contributed by atoms with van der Waals surface area (Å²) in [7, 11) is -14.8. The van der Waals surface area contributed by atoms with Crippen LogP contribution in [-0.4, -0.2) is 37.4 Å². The van der Waals surface area contributed by atoms with Crippen molar-refractivity contribution in [1.29, 1.82) is 0 Å². The Balaban J connectivity index is -0.0000000904. The lowest BCUT2D eigenvalue weighted by Crippen LogP contribution is -2.00. The number of rotatable bonds is 2. The van der Waals surface area contributed by atoms with E-state index >= 15 is 0 Å². The summed E-state index contributed by atoms with van der Waals surface area (Å²) in [5.74, 6) is 0. The van der Waals surface area contributed by atoms with Crippen LogP contribution in [0.5, 0.6) is 0 Å². The molecule has 0 saturated heterocycles. The largest absolute Gasteiger partial charge is 0.486 e. The Hall–Kier alpha value is 0.0500. The van der Waals surface area contributed by atoms with Crippen molar-refractivity contribution in [1.82, 2.24) is 12.3 Å². The molecule has 0 aromatic carbocycles. The van der Waals surface area contributed by atoms with E-state index in [2.05, 4.69) is 3.97 Å². The monoisotopic (exact) mass is 310 g/mol. The lowest BCUT2D eigenvalue weighted by molar-refractivity contribution is 0.266. The zero-order valence-electron chi connectivity index (χ0n) is 7.44. The van der Waals surface area contributed by atoms with Crippen LogP contribution in [-0.2, 0) is 23.5 Å². The molecule has 0 saturated carbocycles. The van der Waals surface area contributed by atoms with Gasteiger partial charge in [0.25, 0.3) is 0 Å². The topological polar surface area (TPSA) is 269 Å². The van der Waals surface area contributed by atoms with Gasteiger partial charge in [0.05, 0.1) is 0 Å². The molecule has 13 nitrogen and oxygen atoms in total. The molecule has 0 amide bonds. The highest BCUT2D eigenvalue weighted by atomic mass is 32.3. The minimum atomic E-state index is -5.13. The van der Waals surface area contributed by atoms with Crippen molar-refractivity contribution in [3.63, 3.8) is 0 Å². The van der Waals surface area contributed by atoms with Crippen molar-refractivity contribution in [2.45, 2.75) is 0 Å². The molecule has 0 rings (SSSR count). The average molecular weight is 310 g/mol. The normalized spacial score (nSPS) is 11.4.